The molecule has 0 aliphatic carbocycles. The smallest absolute Gasteiger partial charge is 0.337 e. The van der Waals surface area contributed by atoms with E-state index in [1.165, 1.54) is 32.4 Å². The highest BCUT2D eigenvalue weighted by Gasteiger charge is 2.23. The Kier molecular flexibility index (Phi) is 8.15. The van der Waals surface area contributed by atoms with Gasteiger partial charge in [0.15, 0.2) is 0 Å². The number of likely N-dealkylation sites (tertiary alicyclic amines) is 1. The molecule has 9 nitrogen and oxygen atoms in total. The van der Waals surface area contributed by atoms with Gasteiger partial charge in [-0.3, -0.25) is 14.5 Å². The molecule has 0 unspecified atom stereocenters. The number of hydrogen-bond donors (Lipinski definition) is 2. The quantitative estimate of drug-likeness (QED) is 0.617. The number of benzene rings is 2. The van der Waals surface area contributed by atoms with Gasteiger partial charge in [-0.25, -0.2) is 9.59 Å². The van der Waals surface area contributed by atoms with Gasteiger partial charge in [0.2, 0.25) is 5.91 Å². The average Bonchev–Trinajstić information content (AvgIpc) is 2.84. The largest absolute Gasteiger partial charge is 0.465 e. The van der Waals surface area contributed by atoms with Crippen LogP contribution < -0.4 is 10.6 Å². The molecule has 1 heterocycles. The van der Waals surface area contributed by atoms with E-state index in [4.69, 9.17) is 9.47 Å². The topological polar surface area (TPSA) is 114 Å². The molecule has 1 saturated heterocycles. The summed E-state index contributed by atoms with van der Waals surface area (Å²) in [5.41, 5.74) is 1.18. The third-order valence-electron chi connectivity index (χ3n) is 5.38. The minimum Gasteiger partial charge on any atom is -0.465 e. The Bertz CT molecular complexity index is 982. The molecule has 0 spiro atoms. The predicted molar refractivity (Wildman–Crippen MR) is 121 cm³/mol. The van der Waals surface area contributed by atoms with Gasteiger partial charge < -0.3 is 20.1 Å². The molecule has 9 heteroatoms. The Labute approximate surface area is 192 Å². The molecule has 174 valence electrons. The molecule has 2 amide bonds. The molecule has 0 aromatic heterocycles. The highest BCUT2D eigenvalue weighted by Crippen LogP contribution is 2.18. The Morgan fingerprint density at radius 2 is 1.45 bits per heavy atom. The first kappa shape index (κ1) is 23.9. The maximum atomic E-state index is 12.6. The Morgan fingerprint density at radius 3 is 2.00 bits per heavy atom. The maximum absolute atomic E-state index is 12.6. The maximum Gasteiger partial charge on any atom is 0.337 e. The fourth-order valence-corrected chi connectivity index (χ4v) is 3.67. The van der Waals surface area contributed by atoms with Gasteiger partial charge in [-0.15, -0.1) is 0 Å². The van der Waals surface area contributed by atoms with Crippen LogP contribution in [0.25, 0.3) is 0 Å². The van der Waals surface area contributed by atoms with Crippen LogP contribution >= 0.6 is 0 Å². The second-order valence-corrected chi connectivity index (χ2v) is 7.72. The third-order valence-corrected chi connectivity index (χ3v) is 5.38. The molecule has 0 radical (unpaired) electrons. The first-order valence-electron chi connectivity index (χ1n) is 10.6. The lowest BCUT2D eigenvalue weighted by molar-refractivity contribution is -0.117. The molecule has 0 atom stereocenters. The highest BCUT2D eigenvalue weighted by molar-refractivity contribution is 6.00. The molecule has 0 saturated carbocycles. The molecule has 1 aliphatic heterocycles. The van der Waals surface area contributed by atoms with Gasteiger partial charge in [-0.1, -0.05) is 18.2 Å². The van der Waals surface area contributed by atoms with E-state index >= 15 is 0 Å². The summed E-state index contributed by atoms with van der Waals surface area (Å²) < 4.78 is 9.42. The van der Waals surface area contributed by atoms with Crippen molar-refractivity contribution in [2.24, 2.45) is 0 Å². The number of carbonyl (C=O) groups is 4. The molecular formula is C24H27N3O6. The number of hydrogen-bond acceptors (Lipinski definition) is 7. The lowest BCUT2D eigenvalue weighted by Gasteiger charge is -2.31. The zero-order chi connectivity index (χ0) is 23.8. The van der Waals surface area contributed by atoms with E-state index in [9.17, 15) is 19.2 Å². The number of nitrogens with zero attached hydrogens (tertiary/aromatic N) is 1. The van der Waals surface area contributed by atoms with Crippen LogP contribution in [-0.4, -0.2) is 68.5 Å². The van der Waals surface area contributed by atoms with Gasteiger partial charge in [0, 0.05) is 30.4 Å². The molecule has 2 aromatic rings. The van der Waals surface area contributed by atoms with E-state index in [-0.39, 0.29) is 35.5 Å². The summed E-state index contributed by atoms with van der Waals surface area (Å²) in [6.45, 7) is 1.46. The number of methoxy groups -OCH3 is 2. The van der Waals surface area contributed by atoms with Crippen LogP contribution in [0, 0.1) is 0 Å². The van der Waals surface area contributed by atoms with Crippen LogP contribution in [0.5, 0.6) is 0 Å². The van der Waals surface area contributed by atoms with E-state index in [2.05, 4.69) is 10.6 Å². The number of anilines is 1. The molecule has 2 aromatic carbocycles. The second-order valence-electron chi connectivity index (χ2n) is 7.72. The van der Waals surface area contributed by atoms with E-state index in [0.29, 0.717) is 24.3 Å². The normalized spacial score (nSPS) is 14.2. The van der Waals surface area contributed by atoms with Crippen molar-refractivity contribution in [2.75, 3.05) is 39.2 Å². The fraction of sp³-hybridized carbons (Fsp3) is 0.333. The standard InChI is InChI=1S/C24H27N3O6/c1-32-23(30)17-12-18(24(31)33-2)14-20(13-17)25-21(28)15-27-10-8-19(9-11-27)26-22(29)16-6-4-3-5-7-16/h3-7,12-14,19H,8-11,15H2,1-2H3,(H,25,28)(H,26,29). The highest BCUT2D eigenvalue weighted by atomic mass is 16.5. The summed E-state index contributed by atoms with van der Waals surface area (Å²) in [7, 11) is 2.47. The molecule has 1 fully saturated rings. The first-order chi connectivity index (χ1) is 15.9. The predicted octanol–water partition coefficient (Wildman–Crippen LogP) is 2.09. The number of carbonyl (C=O) groups excluding carboxylic acids is 4. The monoisotopic (exact) mass is 453 g/mol. The summed E-state index contributed by atoms with van der Waals surface area (Å²) >= 11 is 0. The Hall–Kier alpha value is -3.72. The van der Waals surface area contributed by atoms with Crippen LogP contribution in [0.1, 0.15) is 43.9 Å². The summed E-state index contributed by atoms with van der Waals surface area (Å²) in [4.78, 5) is 50.7. The zero-order valence-electron chi connectivity index (χ0n) is 18.6. The van der Waals surface area contributed by atoms with Crippen molar-refractivity contribution < 1.29 is 28.7 Å². The molecule has 0 bridgehead atoms. The van der Waals surface area contributed by atoms with Crippen molar-refractivity contribution in [3.05, 3.63) is 65.2 Å². The van der Waals surface area contributed by atoms with Gasteiger partial charge in [0.05, 0.1) is 31.9 Å². The fourth-order valence-electron chi connectivity index (χ4n) is 3.67. The number of piperidine rings is 1. The minimum absolute atomic E-state index is 0.0522. The molecule has 1 aliphatic rings. The number of rotatable bonds is 7. The van der Waals surface area contributed by atoms with Crippen LogP contribution in [0.4, 0.5) is 5.69 Å². The van der Waals surface area contributed by atoms with Crippen LogP contribution in [0.15, 0.2) is 48.5 Å². The van der Waals surface area contributed by atoms with Gasteiger partial charge in [0.25, 0.3) is 5.91 Å². The minimum atomic E-state index is -0.629. The number of esters is 2. The number of ether oxygens (including phenoxy) is 2. The van der Waals surface area contributed by atoms with E-state index in [0.717, 1.165) is 12.8 Å². The zero-order valence-corrected chi connectivity index (χ0v) is 18.6. The SMILES string of the molecule is COC(=O)c1cc(NC(=O)CN2CCC(NC(=O)c3ccccc3)CC2)cc(C(=O)OC)c1. The summed E-state index contributed by atoms with van der Waals surface area (Å²) in [5, 5.41) is 5.77. The molecule has 3 rings (SSSR count). The Morgan fingerprint density at radius 1 is 0.879 bits per heavy atom. The van der Waals surface area contributed by atoms with Crippen molar-refractivity contribution in [3.63, 3.8) is 0 Å². The van der Waals surface area contributed by atoms with Crippen molar-refractivity contribution in [1.29, 1.82) is 0 Å². The van der Waals surface area contributed by atoms with E-state index in [1.807, 2.05) is 23.1 Å². The molecule has 33 heavy (non-hydrogen) atoms. The summed E-state index contributed by atoms with van der Waals surface area (Å²) in [5.74, 6) is -1.63. The van der Waals surface area contributed by atoms with Crippen LogP contribution in [-0.2, 0) is 14.3 Å². The van der Waals surface area contributed by atoms with Gasteiger partial charge in [-0.2, -0.15) is 0 Å². The number of nitrogens with one attached hydrogen (secondary N) is 2. The molecular weight excluding hydrogens is 426 g/mol. The molecule has 2 N–H and O–H groups in total. The lowest BCUT2D eigenvalue weighted by atomic mass is 10.0. The van der Waals surface area contributed by atoms with Gasteiger partial charge in [0.1, 0.15) is 0 Å². The van der Waals surface area contributed by atoms with E-state index < -0.39 is 11.9 Å². The summed E-state index contributed by atoms with van der Waals surface area (Å²) in [6, 6.07) is 13.4. The van der Waals surface area contributed by atoms with Crippen LogP contribution in [0.2, 0.25) is 0 Å². The average molecular weight is 453 g/mol. The van der Waals surface area contributed by atoms with Crippen molar-refractivity contribution >= 4 is 29.4 Å². The van der Waals surface area contributed by atoms with Gasteiger partial charge >= 0.3 is 11.9 Å². The van der Waals surface area contributed by atoms with Crippen molar-refractivity contribution in [2.45, 2.75) is 18.9 Å². The summed E-state index contributed by atoms with van der Waals surface area (Å²) in [6.07, 6.45) is 1.46. The third kappa shape index (κ3) is 6.63. The first-order valence-corrected chi connectivity index (χ1v) is 10.6. The second kappa shape index (κ2) is 11.2. The lowest BCUT2D eigenvalue weighted by Crippen LogP contribution is -2.46. The number of amides is 2. The van der Waals surface area contributed by atoms with Crippen molar-refractivity contribution in [3.8, 4) is 0 Å². The van der Waals surface area contributed by atoms with E-state index in [1.54, 1.807) is 12.1 Å². The van der Waals surface area contributed by atoms with Gasteiger partial charge in [-0.05, 0) is 43.2 Å². The Balaban J connectivity index is 1.53. The van der Waals surface area contributed by atoms with Crippen molar-refractivity contribution in [1.82, 2.24) is 10.2 Å². The van der Waals surface area contributed by atoms with Crippen LogP contribution in [0.3, 0.4) is 0 Å².